The Morgan fingerprint density at radius 3 is 1.69 bits per heavy atom. The predicted molar refractivity (Wildman–Crippen MR) is 226 cm³/mol. The van der Waals surface area contributed by atoms with E-state index in [1.165, 1.54) is 76.8 Å². The first-order valence-corrected chi connectivity index (χ1v) is 19.2. The lowest BCUT2D eigenvalue weighted by molar-refractivity contribution is 0.409. The minimum atomic E-state index is -0.418. The van der Waals surface area contributed by atoms with E-state index in [1.807, 2.05) is 0 Å². The van der Waals surface area contributed by atoms with Gasteiger partial charge in [0.1, 0.15) is 18.2 Å². The van der Waals surface area contributed by atoms with Crippen molar-refractivity contribution < 1.29 is 0 Å². The Labute approximate surface area is 319 Å². The van der Waals surface area contributed by atoms with Crippen molar-refractivity contribution >= 4 is 38.2 Å². The number of fused-ring (bicyclic) bond motifs is 14. The van der Waals surface area contributed by atoms with Gasteiger partial charge in [0.2, 0.25) is 0 Å². The molecule has 0 amide bonds. The van der Waals surface area contributed by atoms with Crippen molar-refractivity contribution in [3.8, 4) is 22.3 Å². The first-order valence-electron chi connectivity index (χ1n) is 19.2. The molecule has 12 rings (SSSR count). The van der Waals surface area contributed by atoms with Gasteiger partial charge >= 0.3 is 0 Å². The second kappa shape index (κ2) is 11.6. The topological polar surface area (TPSA) is 36.4 Å². The summed E-state index contributed by atoms with van der Waals surface area (Å²) in [6, 6.07) is 69.1. The smallest absolute Gasteiger partial charge is 0.133 e. The molecule has 0 fully saturated rings. The van der Waals surface area contributed by atoms with Crippen LogP contribution < -0.4 is 10.6 Å². The number of nitrogens with zero attached hydrogens (tertiary/aromatic N) is 1. The summed E-state index contributed by atoms with van der Waals surface area (Å²) < 4.78 is 0. The van der Waals surface area contributed by atoms with E-state index >= 15 is 0 Å². The van der Waals surface area contributed by atoms with Gasteiger partial charge in [-0.1, -0.05) is 182 Å². The van der Waals surface area contributed by atoms with Crippen LogP contribution >= 0.6 is 0 Å². The van der Waals surface area contributed by atoms with Gasteiger partial charge in [0.15, 0.2) is 0 Å². The lowest BCUT2D eigenvalue weighted by Crippen LogP contribution is -2.45. The Bertz CT molecular complexity index is 3000. The normalized spacial score (nSPS) is 17.4. The molecule has 0 aromatic heterocycles. The third-order valence-corrected chi connectivity index (χ3v) is 12.3. The molecule has 0 radical (unpaired) electrons. The Hall–Kier alpha value is -6.81. The van der Waals surface area contributed by atoms with Gasteiger partial charge in [0.05, 0.1) is 5.41 Å². The summed E-state index contributed by atoms with van der Waals surface area (Å²) in [6.07, 6.45) is -0.488. The first-order chi connectivity index (χ1) is 27.3. The molecular formula is C52H35N3. The van der Waals surface area contributed by atoms with Gasteiger partial charge < -0.3 is 5.32 Å². The fraction of sp³-hybridized carbons (Fsp3) is 0.0577. The lowest BCUT2D eigenvalue weighted by atomic mass is 9.70. The molecule has 3 heteroatoms. The number of aliphatic imine (C=N–C) groups is 1. The molecule has 55 heavy (non-hydrogen) atoms. The van der Waals surface area contributed by atoms with E-state index in [2.05, 4.69) is 199 Å². The van der Waals surface area contributed by atoms with E-state index in [9.17, 15) is 0 Å². The highest BCUT2D eigenvalue weighted by atomic mass is 15.3. The molecule has 2 N–H and O–H groups in total. The predicted octanol–water partition coefficient (Wildman–Crippen LogP) is 11.8. The van der Waals surface area contributed by atoms with Crippen LogP contribution in [0.4, 0.5) is 0 Å². The van der Waals surface area contributed by atoms with Gasteiger partial charge in [-0.15, -0.1) is 0 Å². The summed E-state index contributed by atoms with van der Waals surface area (Å²) in [5.74, 6) is 0.894. The van der Waals surface area contributed by atoms with Crippen molar-refractivity contribution in [3.63, 3.8) is 0 Å². The molecule has 258 valence electrons. The maximum absolute atomic E-state index is 5.68. The monoisotopic (exact) mass is 701 g/mol. The molecule has 0 saturated heterocycles. The molecule has 3 aliphatic rings. The third-order valence-electron chi connectivity index (χ3n) is 12.3. The van der Waals surface area contributed by atoms with Gasteiger partial charge in [-0.05, 0) is 88.6 Å². The standard InChI is InChI=1S/C52H35N3/c1-2-15-33(16-3-1)49-53-50(55-51(54-49)48-38-19-7-5-17-34(38)30-35-27-26-32-14-4-6-18-37(32)47(35)48)36-28-29-42-41-22-10-13-25-45(41)52(46(42)31-36)43-23-11-8-20-39(43)40-21-9-12-24-44(40)52/h1-31,49-50,53H,(H,54,55). The summed E-state index contributed by atoms with van der Waals surface area (Å²) >= 11 is 0. The Balaban J connectivity index is 1.12. The number of benzene rings is 9. The van der Waals surface area contributed by atoms with Crippen LogP contribution in [0.1, 0.15) is 51.3 Å². The van der Waals surface area contributed by atoms with Crippen LogP contribution in [-0.4, -0.2) is 5.84 Å². The Morgan fingerprint density at radius 1 is 0.418 bits per heavy atom. The number of hydrogen-bond acceptors (Lipinski definition) is 3. The van der Waals surface area contributed by atoms with E-state index in [4.69, 9.17) is 4.99 Å². The molecule has 9 aromatic carbocycles. The summed E-state index contributed by atoms with van der Waals surface area (Å²) in [7, 11) is 0. The maximum atomic E-state index is 5.68. The van der Waals surface area contributed by atoms with Crippen molar-refractivity contribution in [3.05, 3.63) is 227 Å². The molecular weight excluding hydrogens is 667 g/mol. The zero-order chi connectivity index (χ0) is 36.1. The van der Waals surface area contributed by atoms with Crippen molar-refractivity contribution in [1.82, 2.24) is 10.6 Å². The fourth-order valence-corrected chi connectivity index (χ4v) is 10.0. The highest BCUT2D eigenvalue weighted by molar-refractivity contribution is 6.26. The largest absolute Gasteiger partial charge is 0.350 e. The molecule has 2 unspecified atom stereocenters. The zero-order valence-electron chi connectivity index (χ0n) is 30.0. The van der Waals surface area contributed by atoms with Gasteiger partial charge in [0.25, 0.3) is 0 Å². The van der Waals surface area contributed by atoms with E-state index in [0.717, 1.165) is 22.5 Å². The van der Waals surface area contributed by atoms with Gasteiger partial charge in [-0.3, -0.25) is 5.32 Å². The highest BCUT2D eigenvalue weighted by Gasteiger charge is 2.51. The SMILES string of the molecule is c1ccc(C2NC(c3c4ccccc4cc4ccc5ccccc5c34)=NC(c3ccc4c(c3)C3(c5ccccc5-c5ccccc53)c3ccccc3-4)N2)cc1. The molecule has 1 aliphatic heterocycles. The molecule has 0 bridgehead atoms. The number of amidine groups is 1. The van der Waals surface area contributed by atoms with Crippen LogP contribution in [0.2, 0.25) is 0 Å². The molecule has 2 atom stereocenters. The number of nitrogens with one attached hydrogen (secondary N) is 2. The minimum Gasteiger partial charge on any atom is -0.350 e. The average molecular weight is 702 g/mol. The van der Waals surface area contributed by atoms with Crippen LogP contribution in [0.15, 0.2) is 193 Å². The molecule has 9 aromatic rings. The average Bonchev–Trinajstić information content (AvgIpc) is 3.73. The quantitative estimate of drug-likeness (QED) is 0.142. The number of hydrogen-bond donors (Lipinski definition) is 2. The van der Waals surface area contributed by atoms with Crippen molar-refractivity contribution in [1.29, 1.82) is 0 Å². The van der Waals surface area contributed by atoms with E-state index < -0.39 is 5.41 Å². The molecule has 1 heterocycles. The van der Waals surface area contributed by atoms with Gasteiger partial charge in [-0.2, -0.15) is 0 Å². The van der Waals surface area contributed by atoms with E-state index in [1.54, 1.807) is 0 Å². The first kappa shape index (κ1) is 30.6. The van der Waals surface area contributed by atoms with Crippen molar-refractivity contribution in [2.75, 3.05) is 0 Å². The van der Waals surface area contributed by atoms with Crippen molar-refractivity contribution in [2.24, 2.45) is 4.99 Å². The third kappa shape index (κ3) is 4.27. The van der Waals surface area contributed by atoms with Crippen LogP contribution in [0.25, 0.3) is 54.6 Å². The van der Waals surface area contributed by atoms with Crippen LogP contribution in [0.5, 0.6) is 0 Å². The van der Waals surface area contributed by atoms with Crippen molar-refractivity contribution in [2.45, 2.75) is 17.7 Å². The van der Waals surface area contributed by atoms with E-state index in [-0.39, 0.29) is 12.3 Å². The Kier molecular flexibility index (Phi) is 6.46. The fourth-order valence-electron chi connectivity index (χ4n) is 10.0. The molecule has 2 aliphatic carbocycles. The highest BCUT2D eigenvalue weighted by Crippen LogP contribution is 2.62. The summed E-state index contributed by atoms with van der Waals surface area (Å²) in [5.41, 5.74) is 13.6. The summed E-state index contributed by atoms with van der Waals surface area (Å²) in [6.45, 7) is 0. The Morgan fingerprint density at radius 2 is 0.982 bits per heavy atom. The van der Waals surface area contributed by atoms with Crippen LogP contribution in [0.3, 0.4) is 0 Å². The zero-order valence-corrected chi connectivity index (χ0v) is 30.0. The van der Waals surface area contributed by atoms with Crippen LogP contribution in [0, 0.1) is 0 Å². The molecule has 3 nitrogen and oxygen atoms in total. The van der Waals surface area contributed by atoms with Gasteiger partial charge in [0, 0.05) is 10.9 Å². The minimum absolute atomic E-state index is 0.171. The van der Waals surface area contributed by atoms with E-state index in [0.29, 0.717) is 0 Å². The summed E-state index contributed by atoms with van der Waals surface area (Å²) in [5, 5.41) is 15.1. The maximum Gasteiger partial charge on any atom is 0.133 e. The lowest BCUT2D eigenvalue weighted by Gasteiger charge is -2.34. The molecule has 1 spiro atoms. The second-order valence-corrected chi connectivity index (χ2v) is 15.1. The summed E-state index contributed by atoms with van der Waals surface area (Å²) in [4.78, 5) is 5.68. The van der Waals surface area contributed by atoms with Crippen LogP contribution in [-0.2, 0) is 5.41 Å². The van der Waals surface area contributed by atoms with Gasteiger partial charge in [-0.25, -0.2) is 4.99 Å². The molecule has 0 saturated carbocycles. The number of rotatable bonds is 3. The second-order valence-electron chi connectivity index (χ2n) is 15.1.